The molecule has 1 aromatic heterocycles. The summed E-state index contributed by atoms with van der Waals surface area (Å²) in [6.07, 6.45) is 5.30. The molecule has 6 nitrogen and oxygen atoms in total. The zero-order chi connectivity index (χ0) is 19.4. The van der Waals surface area contributed by atoms with Crippen LogP contribution in [-0.2, 0) is 10.0 Å². The van der Waals surface area contributed by atoms with Crippen LogP contribution >= 0.6 is 11.6 Å². The first-order valence-electron chi connectivity index (χ1n) is 8.91. The van der Waals surface area contributed by atoms with Crippen LogP contribution in [0.1, 0.15) is 41.6 Å². The van der Waals surface area contributed by atoms with Gasteiger partial charge in [-0.3, -0.25) is 4.79 Å². The van der Waals surface area contributed by atoms with Crippen molar-refractivity contribution in [3.05, 3.63) is 52.7 Å². The number of pyridine rings is 1. The fourth-order valence-corrected chi connectivity index (χ4v) is 5.07. The van der Waals surface area contributed by atoms with E-state index in [1.165, 1.54) is 22.5 Å². The highest BCUT2D eigenvalue weighted by atomic mass is 35.5. The lowest BCUT2D eigenvalue weighted by Gasteiger charge is -2.21. The molecule has 1 aromatic carbocycles. The van der Waals surface area contributed by atoms with Crippen LogP contribution in [0.25, 0.3) is 0 Å². The Bertz CT molecular complexity index is 939. The fraction of sp³-hybridized carbons (Fsp3) is 0.368. The minimum atomic E-state index is -3.75. The van der Waals surface area contributed by atoms with E-state index in [0.717, 1.165) is 31.2 Å². The van der Waals surface area contributed by atoms with Gasteiger partial charge in [0.05, 0.1) is 5.02 Å². The number of benzene rings is 1. The summed E-state index contributed by atoms with van der Waals surface area (Å²) in [7, 11) is -3.75. The van der Waals surface area contributed by atoms with Crippen molar-refractivity contribution in [2.75, 3.05) is 18.4 Å². The highest BCUT2D eigenvalue weighted by Gasteiger charge is 2.28. The number of hydrogen-bond donors (Lipinski definition) is 1. The van der Waals surface area contributed by atoms with E-state index >= 15 is 0 Å². The summed E-state index contributed by atoms with van der Waals surface area (Å²) in [4.78, 5) is 16.6. The largest absolute Gasteiger partial charge is 0.307 e. The van der Waals surface area contributed by atoms with Crippen LogP contribution in [0.4, 0.5) is 5.82 Å². The summed E-state index contributed by atoms with van der Waals surface area (Å²) in [5.74, 6) is -0.0241. The first kappa shape index (κ1) is 19.8. The molecule has 1 aliphatic rings. The highest BCUT2D eigenvalue weighted by molar-refractivity contribution is 7.89. The molecule has 2 heterocycles. The first-order chi connectivity index (χ1) is 12.9. The minimum Gasteiger partial charge on any atom is -0.307 e. The molecule has 1 fully saturated rings. The second-order valence-electron chi connectivity index (χ2n) is 6.64. The Hall–Kier alpha value is -1.96. The van der Waals surface area contributed by atoms with Gasteiger partial charge in [0.2, 0.25) is 10.0 Å². The molecule has 0 unspecified atom stereocenters. The maximum atomic E-state index is 13.0. The quantitative estimate of drug-likeness (QED) is 0.834. The zero-order valence-electron chi connectivity index (χ0n) is 15.1. The number of aryl methyl sites for hydroxylation is 1. The van der Waals surface area contributed by atoms with Gasteiger partial charge in [-0.2, -0.15) is 4.31 Å². The summed E-state index contributed by atoms with van der Waals surface area (Å²) in [5, 5.41) is 2.80. The molecule has 0 atom stereocenters. The van der Waals surface area contributed by atoms with Crippen molar-refractivity contribution in [2.45, 2.75) is 37.5 Å². The number of anilines is 1. The molecule has 1 saturated heterocycles. The van der Waals surface area contributed by atoms with Gasteiger partial charge in [-0.15, -0.1) is 0 Å². The van der Waals surface area contributed by atoms with Crippen molar-refractivity contribution in [1.82, 2.24) is 9.29 Å². The minimum absolute atomic E-state index is 0.0316. The molecule has 144 valence electrons. The molecular formula is C19H22ClN3O3S. The van der Waals surface area contributed by atoms with Gasteiger partial charge in [0.25, 0.3) is 5.91 Å². The van der Waals surface area contributed by atoms with E-state index in [2.05, 4.69) is 10.3 Å². The Kier molecular flexibility index (Phi) is 6.14. The van der Waals surface area contributed by atoms with E-state index in [1.54, 1.807) is 12.3 Å². The molecule has 8 heteroatoms. The molecule has 0 spiro atoms. The van der Waals surface area contributed by atoms with E-state index < -0.39 is 15.9 Å². The average molecular weight is 408 g/mol. The number of carbonyl (C=O) groups excluding carboxylic acids is 1. The van der Waals surface area contributed by atoms with E-state index in [4.69, 9.17) is 11.6 Å². The molecule has 0 aliphatic carbocycles. The van der Waals surface area contributed by atoms with E-state index in [9.17, 15) is 13.2 Å². The van der Waals surface area contributed by atoms with Gasteiger partial charge in [0, 0.05) is 24.8 Å². The summed E-state index contributed by atoms with van der Waals surface area (Å²) in [6.45, 7) is 2.84. The van der Waals surface area contributed by atoms with Gasteiger partial charge >= 0.3 is 0 Å². The lowest BCUT2D eigenvalue weighted by molar-refractivity contribution is 0.102. The summed E-state index contributed by atoms with van der Waals surface area (Å²) < 4.78 is 27.5. The van der Waals surface area contributed by atoms with Gasteiger partial charge in [-0.05, 0) is 55.7 Å². The molecule has 1 N–H and O–H groups in total. The molecule has 0 saturated carbocycles. The second-order valence-corrected chi connectivity index (χ2v) is 8.95. The predicted molar refractivity (Wildman–Crippen MR) is 106 cm³/mol. The van der Waals surface area contributed by atoms with Crippen molar-refractivity contribution < 1.29 is 13.2 Å². The zero-order valence-corrected chi connectivity index (χ0v) is 16.7. The average Bonchev–Trinajstić information content (AvgIpc) is 2.92. The number of carbonyl (C=O) groups is 1. The van der Waals surface area contributed by atoms with E-state index in [-0.39, 0.29) is 15.5 Å². The van der Waals surface area contributed by atoms with Crippen LogP contribution in [0, 0.1) is 6.92 Å². The third-order valence-corrected chi connectivity index (χ3v) is 6.91. The molecule has 1 amide bonds. The third-order valence-electron chi connectivity index (χ3n) is 4.53. The van der Waals surface area contributed by atoms with Gasteiger partial charge in [-0.1, -0.05) is 24.4 Å². The lowest BCUT2D eigenvalue weighted by atomic mass is 10.2. The number of hydrogen-bond acceptors (Lipinski definition) is 4. The third kappa shape index (κ3) is 4.66. The Morgan fingerprint density at radius 1 is 1.11 bits per heavy atom. The number of halogens is 1. The van der Waals surface area contributed by atoms with Crippen LogP contribution in [0.5, 0.6) is 0 Å². The first-order valence-corrected chi connectivity index (χ1v) is 10.7. The monoisotopic (exact) mass is 407 g/mol. The fourth-order valence-electron chi connectivity index (χ4n) is 3.06. The molecule has 0 radical (unpaired) electrons. The van der Waals surface area contributed by atoms with Gasteiger partial charge < -0.3 is 5.32 Å². The summed E-state index contributed by atoms with van der Waals surface area (Å²) in [5.41, 5.74) is 1.18. The number of amides is 1. The van der Waals surface area contributed by atoms with E-state index in [1.807, 2.05) is 13.0 Å². The molecule has 27 heavy (non-hydrogen) atoms. The van der Waals surface area contributed by atoms with Gasteiger partial charge in [0.1, 0.15) is 10.7 Å². The summed E-state index contributed by atoms with van der Waals surface area (Å²) in [6, 6.07) is 7.86. The normalized spacial score (nSPS) is 15.9. The maximum absolute atomic E-state index is 13.0. The molecule has 2 aromatic rings. The molecule has 1 aliphatic heterocycles. The predicted octanol–water partition coefficient (Wildman–Crippen LogP) is 3.86. The van der Waals surface area contributed by atoms with Crippen LogP contribution in [0.3, 0.4) is 0 Å². The Labute approximate surface area is 164 Å². The number of nitrogens with zero attached hydrogens (tertiary/aromatic N) is 2. The second kappa shape index (κ2) is 8.37. The Morgan fingerprint density at radius 2 is 1.81 bits per heavy atom. The molecule has 3 rings (SSSR count). The highest BCUT2D eigenvalue weighted by Crippen LogP contribution is 2.28. The maximum Gasteiger partial charge on any atom is 0.256 e. The van der Waals surface area contributed by atoms with Crippen molar-refractivity contribution in [3.8, 4) is 0 Å². The van der Waals surface area contributed by atoms with Crippen LogP contribution in [-0.4, -0.2) is 36.7 Å². The number of aromatic nitrogens is 1. The Morgan fingerprint density at radius 3 is 2.48 bits per heavy atom. The number of nitrogens with one attached hydrogen (secondary N) is 1. The van der Waals surface area contributed by atoms with Crippen molar-refractivity contribution in [3.63, 3.8) is 0 Å². The number of rotatable bonds is 4. The molecule has 0 bridgehead atoms. The van der Waals surface area contributed by atoms with Gasteiger partial charge in [-0.25, -0.2) is 13.4 Å². The topological polar surface area (TPSA) is 79.4 Å². The smallest absolute Gasteiger partial charge is 0.256 e. The lowest BCUT2D eigenvalue weighted by Crippen LogP contribution is -2.32. The van der Waals surface area contributed by atoms with Crippen molar-refractivity contribution in [1.29, 1.82) is 0 Å². The van der Waals surface area contributed by atoms with Crippen molar-refractivity contribution >= 4 is 33.3 Å². The Balaban J connectivity index is 1.88. The van der Waals surface area contributed by atoms with Crippen LogP contribution in [0.15, 0.2) is 41.4 Å². The molecular weight excluding hydrogens is 386 g/mol. The summed E-state index contributed by atoms with van der Waals surface area (Å²) >= 11 is 6.18. The van der Waals surface area contributed by atoms with E-state index in [0.29, 0.717) is 18.9 Å². The number of sulfonamides is 1. The van der Waals surface area contributed by atoms with Crippen molar-refractivity contribution in [2.24, 2.45) is 0 Å². The van der Waals surface area contributed by atoms with Gasteiger partial charge in [0.15, 0.2) is 0 Å². The standard InChI is InChI=1S/C19H22ClN3O3S/c1-14-8-9-21-18(12-14)22-19(24)15-6-7-16(20)17(13-15)27(25,26)23-10-4-2-3-5-11-23/h6-9,12-13H,2-5,10-11H2,1H3,(H,21,22,24). The van der Waals surface area contributed by atoms with Crippen LogP contribution < -0.4 is 5.32 Å². The SMILES string of the molecule is Cc1ccnc(NC(=O)c2ccc(Cl)c(S(=O)(=O)N3CCCCCC3)c2)c1. The van der Waals surface area contributed by atoms with Crippen LogP contribution in [0.2, 0.25) is 5.02 Å².